The van der Waals surface area contributed by atoms with Crippen LogP contribution in [-0.4, -0.2) is 29.5 Å². The molecule has 0 bridgehead atoms. The summed E-state index contributed by atoms with van der Waals surface area (Å²) in [6, 6.07) is 16.8. The Kier molecular flexibility index (Phi) is 8.42. The Balaban J connectivity index is 1.41. The molecule has 4 rings (SSSR count). The van der Waals surface area contributed by atoms with E-state index in [0.29, 0.717) is 30.4 Å². The number of rotatable bonds is 8. The minimum atomic E-state index is -0.298. The number of carbonyl (C=O) groups is 1. The van der Waals surface area contributed by atoms with Gasteiger partial charge >= 0.3 is 5.97 Å². The Morgan fingerprint density at radius 2 is 1.62 bits per heavy atom. The zero-order chi connectivity index (χ0) is 24.1. The number of benzene rings is 2. The predicted molar refractivity (Wildman–Crippen MR) is 143 cm³/mol. The van der Waals surface area contributed by atoms with Crippen LogP contribution in [0.2, 0.25) is 0 Å². The SMILES string of the molecule is CCC(OC(=O)c1ccc(-c2ccc(C3CCCCC3)cc2)cc1)[C@H]1OCC[C@@]1(S)C(C)CC. The van der Waals surface area contributed by atoms with Gasteiger partial charge in [-0.25, -0.2) is 4.79 Å². The predicted octanol–water partition coefficient (Wildman–Crippen LogP) is 7.84. The highest BCUT2D eigenvalue weighted by molar-refractivity contribution is 7.81. The number of carbonyl (C=O) groups excluding carboxylic acids is 1. The molecule has 1 saturated carbocycles. The zero-order valence-electron chi connectivity index (χ0n) is 21.0. The van der Waals surface area contributed by atoms with Crippen LogP contribution in [-0.2, 0) is 9.47 Å². The van der Waals surface area contributed by atoms with E-state index in [1.807, 2.05) is 31.2 Å². The van der Waals surface area contributed by atoms with E-state index >= 15 is 0 Å². The van der Waals surface area contributed by atoms with Crippen LogP contribution in [0.15, 0.2) is 48.5 Å². The van der Waals surface area contributed by atoms with Crippen molar-refractivity contribution in [3.05, 3.63) is 59.7 Å². The molecule has 0 radical (unpaired) electrons. The first-order valence-electron chi connectivity index (χ1n) is 13.2. The molecule has 1 aliphatic heterocycles. The van der Waals surface area contributed by atoms with Gasteiger partial charge in [-0.05, 0) is 66.3 Å². The van der Waals surface area contributed by atoms with Gasteiger partial charge in [-0.1, -0.05) is 82.9 Å². The number of ether oxygens (including phenoxy) is 2. The van der Waals surface area contributed by atoms with Crippen LogP contribution < -0.4 is 0 Å². The second-order valence-electron chi connectivity index (χ2n) is 10.2. The summed E-state index contributed by atoms with van der Waals surface area (Å²) in [5, 5.41) is 0. The third kappa shape index (κ3) is 5.39. The third-order valence-corrected chi connectivity index (χ3v) is 9.12. The lowest BCUT2D eigenvalue weighted by molar-refractivity contribution is -0.0418. The van der Waals surface area contributed by atoms with E-state index in [9.17, 15) is 4.79 Å². The van der Waals surface area contributed by atoms with Crippen LogP contribution in [0.25, 0.3) is 11.1 Å². The fourth-order valence-corrected chi connectivity index (χ4v) is 6.21. The van der Waals surface area contributed by atoms with E-state index in [2.05, 4.69) is 38.1 Å². The molecule has 4 heteroatoms. The van der Waals surface area contributed by atoms with Crippen molar-refractivity contribution in [3.8, 4) is 11.1 Å². The maximum absolute atomic E-state index is 13.0. The Morgan fingerprint density at radius 3 is 2.21 bits per heavy atom. The molecular weight excluding hydrogens is 440 g/mol. The molecule has 34 heavy (non-hydrogen) atoms. The molecule has 2 aromatic rings. The van der Waals surface area contributed by atoms with Gasteiger partial charge in [-0.15, -0.1) is 0 Å². The van der Waals surface area contributed by atoms with Crippen molar-refractivity contribution in [1.82, 2.24) is 0 Å². The van der Waals surface area contributed by atoms with Gasteiger partial charge in [0.2, 0.25) is 0 Å². The van der Waals surface area contributed by atoms with E-state index in [-0.39, 0.29) is 22.9 Å². The van der Waals surface area contributed by atoms with E-state index in [1.165, 1.54) is 43.2 Å². The average Bonchev–Trinajstić information content (AvgIpc) is 3.29. The Morgan fingerprint density at radius 1 is 1.00 bits per heavy atom. The van der Waals surface area contributed by atoms with Gasteiger partial charge in [-0.3, -0.25) is 0 Å². The average molecular weight is 481 g/mol. The van der Waals surface area contributed by atoms with E-state index in [4.69, 9.17) is 22.1 Å². The van der Waals surface area contributed by atoms with Crippen molar-refractivity contribution in [2.75, 3.05) is 6.61 Å². The second kappa shape index (κ2) is 11.3. The monoisotopic (exact) mass is 480 g/mol. The second-order valence-corrected chi connectivity index (χ2v) is 11.1. The van der Waals surface area contributed by atoms with E-state index in [0.717, 1.165) is 18.4 Å². The molecule has 3 nitrogen and oxygen atoms in total. The van der Waals surface area contributed by atoms with Gasteiger partial charge in [0, 0.05) is 11.4 Å². The molecule has 184 valence electrons. The Hall–Kier alpha value is -1.78. The summed E-state index contributed by atoms with van der Waals surface area (Å²) in [4.78, 5) is 13.0. The van der Waals surface area contributed by atoms with Gasteiger partial charge in [0.05, 0.1) is 5.56 Å². The summed E-state index contributed by atoms with van der Waals surface area (Å²) >= 11 is 5.03. The summed E-state index contributed by atoms with van der Waals surface area (Å²) in [6.07, 6.45) is 8.85. The standard InChI is InChI=1S/C30H40O3S/c1-4-21(3)30(34)19-20-32-28(30)27(5-2)33-29(31)26-17-15-25(16-18-26)24-13-11-23(12-14-24)22-9-7-6-8-10-22/h11-18,21-22,27-28,34H,4-10,19-20H2,1-3H3/t21?,27?,28-,30-/m1/s1. The molecule has 2 fully saturated rings. The maximum atomic E-state index is 13.0. The summed E-state index contributed by atoms with van der Waals surface area (Å²) in [6.45, 7) is 7.10. The molecule has 1 heterocycles. The van der Waals surface area contributed by atoms with Crippen LogP contribution in [0.1, 0.15) is 94.0 Å². The molecule has 1 aliphatic carbocycles. The van der Waals surface area contributed by atoms with Gasteiger partial charge < -0.3 is 9.47 Å². The van der Waals surface area contributed by atoms with E-state index < -0.39 is 0 Å². The third-order valence-electron chi connectivity index (χ3n) is 8.20. The molecule has 1 saturated heterocycles. The molecule has 0 aromatic heterocycles. The number of hydrogen-bond acceptors (Lipinski definition) is 4. The summed E-state index contributed by atoms with van der Waals surface area (Å²) in [5.41, 5.74) is 4.33. The fourth-order valence-electron chi connectivity index (χ4n) is 5.69. The lowest BCUT2D eigenvalue weighted by Gasteiger charge is -2.38. The van der Waals surface area contributed by atoms with Crippen LogP contribution in [0.3, 0.4) is 0 Å². The van der Waals surface area contributed by atoms with Gasteiger partial charge in [-0.2, -0.15) is 12.6 Å². The minimum Gasteiger partial charge on any atom is -0.456 e. The smallest absolute Gasteiger partial charge is 0.338 e. The van der Waals surface area contributed by atoms with Gasteiger partial charge in [0.15, 0.2) is 0 Å². The van der Waals surface area contributed by atoms with Crippen molar-refractivity contribution in [1.29, 1.82) is 0 Å². The maximum Gasteiger partial charge on any atom is 0.338 e. The molecule has 2 aromatic carbocycles. The van der Waals surface area contributed by atoms with Crippen molar-refractivity contribution in [3.63, 3.8) is 0 Å². The quantitative estimate of drug-likeness (QED) is 0.309. The molecule has 2 aliphatic rings. The fraction of sp³-hybridized carbons (Fsp3) is 0.567. The largest absolute Gasteiger partial charge is 0.456 e. The van der Waals surface area contributed by atoms with Crippen LogP contribution in [0.5, 0.6) is 0 Å². The number of esters is 1. The Labute approximate surface area is 211 Å². The zero-order valence-corrected chi connectivity index (χ0v) is 21.9. The highest BCUT2D eigenvalue weighted by atomic mass is 32.1. The normalized spacial score (nSPS) is 25.1. The van der Waals surface area contributed by atoms with E-state index in [1.54, 1.807) is 0 Å². The first-order valence-corrected chi connectivity index (χ1v) is 13.7. The van der Waals surface area contributed by atoms with Crippen molar-refractivity contribution in [2.45, 2.75) is 95.0 Å². The van der Waals surface area contributed by atoms with Crippen molar-refractivity contribution >= 4 is 18.6 Å². The first kappa shape index (κ1) is 25.3. The minimum absolute atomic E-state index is 0.179. The van der Waals surface area contributed by atoms with Gasteiger partial charge in [0.1, 0.15) is 12.2 Å². The lowest BCUT2D eigenvalue weighted by Crippen LogP contribution is -2.47. The molecule has 0 amide bonds. The van der Waals surface area contributed by atoms with Gasteiger partial charge in [0.25, 0.3) is 0 Å². The molecule has 0 N–H and O–H groups in total. The topological polar surface area (TPSA) is 35.5 Å². The van der Waals surface area contributed by atoms with Crippen LogP contribution in [0, 0.1) is 5.92 Å². The highest BCUT2D eigenvalue weighted by Crippen LogP contribution is 2.43. The van der Waals surface area contributed by atoms with Crippen molar-refractivity contribution < 1.29 is 14.3 Å². The molecular formula is C30H40O3S. The number of thiol groups is 1. The van der Waals surface area contributed by atoms with Crippen LogP contribution in [0.4, 0.5) is 0 Å². The first-order chi connectivity index (χ1) is 16.5. The summed E-state index contributed by atoms with van der Waals surface area (Å²) in [5.74, 6) is 0.813. The lowest BCUT2D eigenvalue weighted by atomic mass is 9.82. The molecule has 0 spiro atoms. The number of hydrogen-bond donors (Lipinski definition) is 1. The molecule has 4 atom stereocenters. The summed E-state index contributed by atoms with van der Waals surface area (Å²) in [7, 11) is 0. The summed E-state index contributed by atoms with van der Waals surface area (Å²) < 4.78 is 11.8. The Bertz CT molecular complexity index is 933. The van der Waals surface area contributed by atoms with Crippen LogP contribution >= 0.6 is 12.6 Å². The van der Waals surface area contributed by atoms with Crippen molar-refractivity contribution in [2.24, 2.45) is 5.92 Å². The highest BCUT2D eigenvalue weighted by Gasteiger charge is 2.49. The molecule has 2 unspecified atom stereocenters.